The minimum Gasteiger partial charge on any atom is -0.480 e. The van der Waals surface area contributed by atoms with Crippen LogP contribution in [0.2, 0.25) is 0 Å². The third-order valence-corrected chi connectivity index (χ3v) is 3.18. The van der Waals surface area contributed by atoms with Gasteiger partial charge in [0, 0.05) is 0 Å². The summed E-state index contributed by atoms with van der Waals surface area (Å²) in [4.78, 5) is 45.0. The molecule has 0 aliphatic rings. The Labute approximate surface area is 129 Å². The molecule has 0 heterocycles. The third kappa shape index (κ3) is 7.58. The fraction of sp³-hybridized carbons (Fsp3) is 0.692. The lowest BCUT2D eigenvalue weighted by Crippen LogP contribution is -2.49. The van der Waals surface area contributed by atoms with Crippen molar-refractivity contribution >= 4 is 23.7 Å². The van der Waals surface area contributed by atoms with E-state index in [1.54, 1.807) is 0 Å². The van der Waals surface area contributed by atoms with Gasteiger partial charge in [0.05, 0.1) is 19.1 Å². The minimum absolute atomic E-state index is 0.00801. The maximum atomic E-state index is 11.6. The van der Waals surface area contributed by atoms with E-state index in [0.29, 0.717) is 0 Å². The molecule has 22 heavy (non-hydrogen) atoms. The number of hydrogen-bond donors (Lipinski definition) is 5. The average Bonchev–Trinajstić information content (AvgIpc) is 2.48. The molecule has 0 spiro atoms. The Morgan fingerprint density at radius 3 is 2.09 bits per heavy atom. The number of carboxylic acid groups (broad SMARTS) is 1. The molecule has 9 nitrogen and oxygen atoms in total. The summed E-state index contributed by atoms with van der Waals surface area (Å²) in [5.74, 6) is -2.82. The first-order valence-corrected chi connectivity index (χ1v) is 7.01. The first-order valence-electron chi connectivity index (χ1n) is 7.01. The Kier molecular flexibility index (Phi) is 8.76. The molecule has 0 aromatic rings. The topological polar surface area (TPSA) is 151 Å². The molecule has 0 radical (unpaired) electrons. The molecule has 0 bridgehead atoms. The van der Waals surface area contributed by atoms with Gasteiger partial charge in [-0.3, -0.25) is 19.2 Å². The van der Waals surface area contributed by atoms with Gasteiger partial charge in [0.2, 0.25) is 17.7 Å². The van der Waals surface area contributed by atoms with Crippen molar-refractivity contribution in [3.63, 3.8) is 0 Å². The van der Waals surface area contributed by atoms with Crippen LogP contribution in [0.3, 0.4) is 0 Å². The van der Waals surface area contributed by atoms with Crippen molar-refractivity contribution in [2.75, 3.05) is 13.1 Å². The second-order valence-corrected chi connectivity index (χ2v) is 5.03. The summed E-state index contributed by atoms with van der Waals surface area (Å²) in [5, 5.41) is 15.4. The molecule has 3 amide bonds. The molecular formula is C13H24N4O5. The van der Waals surface area contributed by atoms with Gasteiger partial charge in [-0.15, -0.1) is 0 Å². The Hall–Kier alpha value is -2.16. The number of carbonyl (C=O) groups excluding carboxylic acids is 3. The molecule has 3 atom stereocenters. The van der Waals surface area contributed by atoms with Gasteiger partial charge in [0.25, 0.3) is 0 Å². The molecule has 0 saturated heterocycles. The van der Waals surface area contributed by atoms with E-state index in [2.05, 4.69) is 16.0 Å². The zero-order valence-electron chi connectivity index (χ0n) is 13.0. The highest BCUT2D eigenvalue weighted by molar-refractivity contribution is 5.90. The molecule has 0 rings (SSSR count). The molecule has 9 heteroatoms. The summed E-state index contributed by atoms with van der Waals surface area (Å²) in [7, 11) is 0. The lowest BCUT2D eigenvalue weighted by molar-refractivity contribution is -0.141. The highest BCUT2D eigenvalue weighted by Gasteiger charge is 2.20. The van der Waals surface area contributed by atoms with Gasteiger partial charge in [-0.25, -0.2) is 0 Å². The quantitative estimate of drug-likeness (QED) is 0.338. The van der Waals surface area contributed by atoms with E-state index in [1.165, 1.54) is 6.92 Å². The predicted molar refractivity (Wildman–Crippen MR) is 78.7 cm³/mol. The van der Waals surface area contributed by atoms with Crippen LogP contribution in [0, 0.1) is 5.92 Å². The van der Waals surface area contributed by atoms with Gasteiger partial charge in [0.15, 0.2) is 0 Å². The van der Waals surface area contributed by atoms with Gasteiger partial charge in [-0.2, -0.15) is 0 Å². The fourth-order valence-electron chi connectivity index (χ4n) is 1.39. The zero-order chi connectivity index (χ0) is 17.3. The summed E-state index contributed by atoms with van der Waals surface area (Å²) in [6.45, 7) is 4.37. The van der Waals surface area contributed by atoms with E-state index >= 15 is 0 Å². The number of aliphatic carboxylic acids is 1. The monoisotopic (exact) mass is 316 g/mol. The highest BCUT2D eigenvalue weighted by Crippen LogP contribution is 2.04. The van der Waals surface area contributed by atoms with Crippen LogP contribution in [0.1, 0.15) is 27.2 Å². The summed E-state index contributed by atoms with van der Waals surface area (Å²) in [6, 6.07) is -1.74. The maximum absolute atomic E-state index is 11.6. The second-order valence-electron chi connectivity index (χ2n) is 5.03. The number of carbonyl (C=O) groups is 4. The number of nitrogens with one attached hydrogen (secondary N) is 3. The van der Waals surface area contributed by atoms with Crippen LogP contribution in [0.15, 0.2) is 0 Å². The first-order chi connectivity index (χ1) is 10.2. The lowest BCUT2D eigenvalue weighted by atomic mass is 9.99. The van der Waals surface area contributed by atoms with Crippen molar-refractivity contribution in [3.05, 3.63) is 0 Å². The molecule has 0 aromatic carbocycles. The van der Waals surface area contributed by atoms with Crippen molar-refractivity contribution < 1.29 is 24.3 Å². The van der Waals surface area contributed by atoms with Crippen LogP contribution in [-0.4, -0.2) is 54.0 Å². The van der Waals surface area contributed by atoms with E-state index in [4.69, 9.17) is 10.8 Å². The standard InChI is InChI=1S/C13H24N4O5/c1-4-7(2)11(14)12(20)16-5-9(18)15-6-10(19)17-8(3)13(21)22/h7-8,11H,4-6,14H2,1-3H3,(H,15,18)(H,16,20)(H,17,19)(H,21,22). The van der Waals surface area contributed by atoms with Crippen LogP contribution in [0.5, 0.6) is 0 Å². The van der Waals surface area contributed by atoms with Crippen molar-refractivity contribution in [1.29, 1.82) is 0 Å². The van der Waals surface area contributed by atoms with Gasteiger partial charge < -0.3 is 26.8 Å². The van der Waals surface area contributed by atoms with Gasteiger partial charge in [0.1, 0.15) is 6.04 Å². The van der Waals surface area contributed by atoms with Crippen molar-refractivity contribution in [2.24, 2.45) is 11.7 Å². The second kappa shape index (κ2) is 9.72. The average molecular weight is 316 g/mol. The van der Waals surface area contributed by atoms with Gasteiger partial charge in [-0.1, -0.05) is 20.3 Å². The third-order valence-electron chi connectivity index (χ3n) is 3.18. The molecule has 126 valence electrons. The number of carboxylic acids is 1. The molecule has 0 aliphatic heterocycles. The Morgan fingerprint density at radius 2 is 1.59 bits per heavy atom. The van der Waals surface area contributed by atoms with Crippen molar-refractivity contribution in [1.82, 2.24) is 16.0 Å². The number of hydrogen-bond acceptors (Lipinski definition) is 5. The SMILES string of the molecule is CCC(C)C(N)C(=O)NCC(=O)NCC(=O)NC(C)C(=O)O. The normalized spacial score (nSPS) is 14.4. The molecule has 0 saturated carbocycles. The zero-order valence-corrected chi connectivity index (χ0v) is 13.0. The summed E-state index contributed by atoms with van der Waals surface area (Å²) >= 11 is 0. The van der Waals surface area contributed by atoms with Crippen LogP contribution in [0.4, 0.5) is 0 Å². The predicted octanol–water partition coefficient (Wildman–Crippen LogP) is -1.82. The Bertz CT molecular complexity index is 427. The minimum atomic E-state index is -1.18. The maximum Gasteiger partial charge on any atom is 0.325 e. The lowest BCUT2D eigenvalue weighted by Gasteiger charge is -2.17. The van der Waals surface area contributed by atoms with Gasteiger partial charge >= 0.3 is 5.97 Å². The molecule has 3 unspecified atom stereocenters. The van der Waals surface area contributed by atoms with Crippen LogP contribution < -0.4 is 21.7 Å². The van der Waals surface area contributed by atoms with Crippen LogP contribution >= 0.6 is 0 Å². The van der Waals surface area contributed by atoms with Crippen molar-refractivity contribution in [3.8, 4) is 0 Å². The van der Waals surface area contributed by atoms with Crippen LogP contribution in [-0.2, 0) is 19.2 Å². The highest BCUT2D eigenvalue weighted by atomic mass is 16.4. The molecule has 6 N–H and O–H groups in total. The smallest absolute Gasteiger partial charge is 0.325 e. The summed E-state index contributed by atoms with van der Waals surface area (Å²) < 4.78 is 0. The Balaban J connectivity index is 4.03. The van der Waals surface area contributed by atoms with Crippen LogP contribution in [0.25, 0.3) is 0 Å². The summed E-state index contributed by atoms with van der Waals surface area (Å²) in [5.41, 5.74) is 5.70. The molecular weight excluding hydrogens is 292 g/mol. The van der Waals surface area contributed by atoms with Crippen molar-refractivity contribution in [2.45, 2.75) is 39.3 Å². The number of nitrogens with two attached hydrogens (primary N) is 1. The van der Waals surface area contributed by atoms with E-state index in [-0.39, 0.29) is 19.0 Å². The molecule has 0 aromatic heterocycles. The molecule has 0 aliphatic carbocycles. The number of rotatable bonds is 9. The van der Waals surface area contributed by atoms with Gasteiger partial charge in [-0.05, 0) is 12.8 Å². The fourth-order valence-corrected chi connectivity index (χ4v) is 1.39. The van der Waals surface area contributed by atoms with E-state index in [9.17, 15) is 19.2 Å². The van der Waals surface area contributed by atoms with E-state index in [1.807, 2.05) is 13.8 Å². The largest absolute Gasteiger partial charge is 0.480 e. The van der Waals surface area contributed by atoms with E-state index in [0.717, 1.165) is 6.42 Å². The number of amides is 3. The molecule has 0 fully saturated rings. The van der Waals surface area contributed by atoms with E-state index < -0.39 is 35.8 Å². The summed E-state index contributed by atoms with van der Waals surface area (Å²) in [6.07, 6.45) is 0.739. The Morgan fingerprint density at radius 1 is 1.05 bits per heavy atom. The first kappa shape index (κ1) is 19.8.